The normalized spacial score (nSPS) is 10.0. The van der Waals surface area contributed by atoms with Crippen LogP contribution < -0.4 is 16.8 Å². The minimum Gasteiger partial charge on any atom is -0.376 e. The van der Waals surface area contributed by atoms with E-state index < -0.39 is 5.91 Å². The predicted octanol–water partition coefficient (Wildman–Crippen LogP) is 0.627. The molecule has 5 N–H and O–H groups in total. The average Bonchev–Trinajstić information content (AvgIpc) is 2.78. The van der Waals surface area contributed by atoms with Crippen molar-refractivity contribution < 1.29 is 4.79 Å². The van der Waals surface area contributed by atoms with Crippen molar-refractivity contribution in [2.24, 2.45) is 11.5 Å². The molecule has 1 aromatic heterocycles. The molecule has 0 saturated carbocycles. The third-order valence-corrected chi connectivity index (χ3v) is 2.34. The Bertz CT molecular complexity index is 590. The zero-order valence-electron chi connectivity index (χ0n) is 9.33. The second-order valence-corrected chi connectivity index (χ2v) is 3.99. The van der Waals surface area contributed by atoms with Gasteiger partial charge in [0.2, 0.25) is 0 Å². The smallest absolute Gasteiger partial charge is 0.269 e. The quantitative estimate of drug-likeness (QED) is 0.704. The molecule has 18 heavy (non-hydrogen) atoms. The summed E-state index contributed by atoms with van der Waals surface area (Å²) in [5.74, 6) is -0.555. The minimum absolute atomic E-state index is 0.206. The van der Waals surface area contributed by atoms with E-state index in [4.69, 9.17) is 23.7 Å². The topological polar surface area (TPSA) is 99.0 Å². The van der Waals surface area contributed by atoms with Gasteiger partial charge in [0.05, 0.1) is 5.69 Å². The standard InChI is InChI=1S/C11H11N5OS/c12-10(17)9-5-6-16(15-9)8-3-1-7(2-4-8)14-11(13)18/h1-6H,(H2,12,17)(H3,13,14,18). The molecule has 0 fully saturated rings. The number of nitrogens with zero attached hydrogens (tertiary/aromatic N) is 2. The van der Waals surface area contributed by atoms with Gasteiger partial charge < -0.3 is 16.8 Å². The summed E-state index contributed by atoms with van der Waals surface area (Å²) in [7, 11) is 0. The van der Waals surface area contributed by atoms with E-state index >= 15 is 0 Å². The molecule has 6 nitrogen and oxygen atoms in total. The van der Waals surface area contributed by atoms with Crippen molar-refractivity contribution in [3.8, 4) is 5.69 Å². The van der Waals surface area contributed by atoms with Crippen LogP contribution in [0.2, 0.25) is 0 Å². The van der Waals surface area contributed by atoms with Crippen LogP contribution in [0.4, 0.5) is 5.69 Å². The summed E-state index contributed by atoms with van der Waals surface area (Å²) in [6.07, 6.45) is 1.66. The molecule has 0 aliphatic heterocycles. The van der Waals surface area contributed by atoms with Crippen LogP contribution >= 0.6 is 12.2 Å². The highest BCUT2D eigenvalue weighted by Crippen LogP contribution is 2.12. The Kier molecular flexibility index (Phi) is 3.24. The second kappa shape index (κ2) is 4.84. The molecule has 7 heteroatoms. The molecule has 0 unspecified atom stereocenters. The lowest BCUT2D eigenvalue weighted by molar-refractivity contribution is 0.0995. The van der Waals surface area contributed by atoms with E-state index in [9.17, 15) is 4.79 Å². The molecule has 2 aromatic rings. The van der Waals surface area contributed by atoms with Crippen molar-refractivity contribution in [3.63, 3.8) is 0 Å². The Balaban J connectivity index is 2.22. The number of anilines is 1. The number of carbonyl (C=O) groups excluding carboxylic acids is 1. The van der Waals surface area contributed by atoms with Crippen LogP contribution in [-0.4, -0.2) is 20.8 Å². The number of nitrogens with two attached hydrogens (primary N) is 2. The van der Waals surface area contributed by atoms with Crippen LogP contribution in [0, 0.1) is 0 Å². The maximum atomic E-state index is 10.9. The molecule has 0 aliphatic carbocycles. The molecule has 0 aliphatic rings. The van der Waals surface area contributed by atoms with E-state index in [2.05, 4.69) is 10.4 Å². The molecular formula is C11H11N5OS. The first-order valence-corrected chi connectivity index (χ1v) is 5.49. The van der Waals surface area contributed by atoms with Crippen LogP contribution in [-0.2, 0) is 0 Å². The van der Waals surface area contributed by atoms with Crippen molar-refractivity contribution in [2.75, 3.05) is 5.32 Å². The van der Waals surface area contributed by atoms with Gasteiger partial charge in [-0.15, -0.1) is 0 Å². The summed E-state index contributed by atoms with van der Waals surface area (Å²) in [6, 6.07) is 8.81. The number of aromatic nitrogens is 2. The molecule has 92 valence electrons. The van der Waals surface area contributed by atoms with Crippen molar-refractivity contribution in [1.82, 2.24) is 9.78 Å². The molecule has 1 amide bonds. The van der Waals surface area contributed by atoms with Crippen LogP contribution in [0.3, 0.4) is 0 Å². The fourth-order valence-corrected chi connectivity index (χ4v) is 1.56. The van der Waals surface area contributed by atoms with Crippen molar-refractivity contribution >= 4 is 28.9 Å². The first-order valence-electron chi connectivity index (χ1n) is 5.08. The van der Waals surface area contributed by atoms with Gasteiger partial charge in [0.1, 0.15) is 5.69 Å². The summed E-state index contributed by atoms with van der Waals surface area (Å²) in [5, 5.41) is 7.06. The SMILES string of the molecule is NC(=O)c1ccn(-c2ccc(NC(N)=S)cc2)n1. The number of carbonyl (C=O) groups is 1. The van der Waals surface area contributed by atoms with Gasteiger partial charge in [0.25, 0.3) is 5.91 Å². The second-order valence-electron chi connectivity index (χ2n) is 3.55. The Morgan fingerprint density at radius 3 is 2.39 bits per heavy atom. The number of hydrogen-bond acceptors (Lipinski definition) is 3. The van der Waals surface area contributed by atoms with E-state index in [1.807, 2.05) is 12.1 Å². The van der Waals surface area contributed by atoms with Crippen LogP contribution in [0.5, 0.6) is 0 Å². The predicted molar refractivity (Wildman–Crippen MR) is 72.5 cm³/mol. The Labute approximate surface area is 109 Å². The maximum absolute atomic E-state index is 10.9. The van der Waals surface area contributed by atoms with Gasteiger partial charge in [-0.3, -0.25) is 4.79 Å². The molecule has 2 rings (SSSR count). The van der Waals surface area contributed by atoms with Gasteiger partial charge in [-0.05, 0) is 42.5 Å². The number of nitrogens with one attached hydrogen (secondary N) is 1. The summed E-state index contributed by atoms with van der Waals surface area (Å²) in [5.41, 5.74) is 12.3. The largest absolute Gasteiger partial charge is 0.376 e. The highest BCUT2D eigenvalue weighted by molar-refractivity contribution is 7.80. The number of hydrogen-bond donors (Lipinski definition) is 3. The van der Waals surface area contributed by atoms with Gasteiger partial charge in [-0.2, -0.15) is 5.10 Å². The maximum Gasteiger partial charge on any atom is 0.269 e. The van der Waals surface area contributed by atoms with E-state index in [0.29, 0.717) is 0 Å². The molecule has 0 spiro atoms. The van der Waals surface area contributed by atoms with Gasteiger partial charge in [0.15, 0.2) is 5.11 Å². The fourth-order valence-electron chi connectivity index (χ4n) is 1.44. The zero-order chi connectivity index (χ0) is 13.1. The van der Waals surface area contributed by atoms with E-state index in [1.54, 1.807) is 29.1 Å². The summed E-state index contributed by atoms with van der Waals surface area (Å²) >= 11 is 4.73. The number of thiocarbonyl (C=S) groups is 1. The lowest BCUT2D eigenvalue weighted by atomic mass is 10.3. The number of primary amides is 1. The molecule has 0 bridgehead atoms. The van der Waals surface area contributed by atoms with Gasteiger partial charge in [-0.1, -0.05) is 0 Å². The fraction of sp³-hybridized carbons (Fsp3) is 0. The lowest BCUT2D eigenvalue weighted by Crippen LogP contribution is -2.18. The summed E-state index contributed by atoms with van der Waals surface area (Å²) in [4.78, 5) is 10.9. The van der Waals surface area contributed by atoms with Crippen LogP contribution in [0.25, 0.3) is 5.69 Å². The highest BCUT2D eigenvalue weighted by Gasteiger charge is 2.05. The van der Waals surface area contributed by atoms with Gasteiger partial charge in [0, 0.05) is 11.9 Å². The van der Waals surface area contributed by atoms with Gasteiger partial charge in [-0.25, -0.2) is 4.68 Å². The average molecular weight is 261 g/mol. The monoisotopic (exact) mass is 261 g/mol. The molecule has 1 aromatic carbocycles. The van der Waals surface area contributed by atoms with Crippen molar-refractivity contribution in [1.29, 1.82) is 0 Å². The highest BCUT2D eigenvalue weighted by atomic mass is 32.1. The van der Waals surface area contributed by atoms with Crippen molar-refractivity contribution in [3.05, 3.63) is 42.2 Å². The van der Waals surface area contributed by atoms with Gasteiger partial charge >= 0.3 is 0 Å². The van der Waals surface area contributed by atoms with E-state index in [0.717, 1.165) is 11.4 Å². The molecule has 0 atom stereocenters. The van der Waals surface area contributed by atoms with E-state index in [1.165, 1.54) is 0 Å². The summed E-state index contributed by atoms with van der Waals surface area (Å²) in [6.45, 7) is 0. The Morgan fingerprint density at radius 2 is 1.89 bits per heavy atom. The Morgan fingerprint density at radius 1 is 1.22 bits per heavy atom. The third-order valence-electron chi connectivity index (χ3n) is 2.24. The first-order chi connectivity index (χ1) is 8.56. The molecule has 0 radical (unpaired) electrons. The number of amides is 1. The minimum atomic E-state index is -0.555. The Hall–Kier alpha value is -2.41. The lowest BCUT2D eigenvalue weighted by Gasteiger charge is -2.05. The first kappa shape index (κ1) is 12.1. The number of benzene rings is 1. The van der Waals surface area contributed by atoms with Crippen LogP contribution in [0.15, 0.2) is 36.5 Å². The zero-order valence-corrected chi connectivity index (χ0v) is 10.1. The van der Waals surface area contributed by atoms with Crippen molar-refractivity contribution in [2.45, 2.75) is 0 Å². The molecular weight excluding hydrogens is 250 g/mol. The van der Waals surface area contributed by atoms with E-state index in [-0.39, 0.29) is 10.8 Å². The number of rotatable bonds is 3. The third kappa shape index (κ3) is 2.64. The molecule has 1 heterocycles. The van der Waals surface area contributed by atoms with Crippen LogP contribution in [0.1, 0.15) is 10.5 Å². The summed E-state index contributed by atoms with van der Waals surface area (Å²) < 4.78 is 1.56. The molecule has 0 saturated heterocycles.